The number of rotatable bonds is 4. The van der Waals surface area contributed by atoms with Crippen molar-refractivity contribution in [3.05, 3.63) is 47.8 Å². The van der Waals surface area contributed by atoms with E-state index >= 15 is 0 Å². The Balaban J connectivity index is 1.66. The van der Waals surface area contributed by atoms with Crippen LogP contribution in [0.4, 0.5) is 5.69 Å². The Kier molecular flexibility index (Phi) is 2.95. The van der Waals surface area contributed by atoms with Crippen molar-refractivity contribution < 1.29 is 4.79 Å². The van der Waals surface area contributed by atoms with E-state index in [4.69, 9.17) is 0 Å². The monoisotopic (exact) mass is 256 g/mol. The predicted molar refractivity (Wildman–Crippen MR) is 72.9 cm³/mol. The third-order valence-corrected chi connectivity index (χ3v) is 3.26. The van der Waals surface area contributed by atoms with Gasteiger partial charge in [-0.05, 0) is 31.0 Å². The molecule has 5 nitrogen and oxygen atoms in total. The van der Waals surface area contributed by atoms with Crippen LogP contribution in [-0.2, 0) is 0 Å². The molecule has 0 radical (unpaired) electrons. The molecule has 98 valence electrons. The maximum absolute atomic E-state index is 12.0. The summed E-state index contributed by atoms with van der Waals surface area (Å²) in [6.45, 7) is 0. The van der Waals surface area contributed by atoms with Gasteiger partial charge in [-0.1, -0.05) is 18.2 Å². The molecule has 1 aliphatic carbocycles. The molecule has 1 fully saturated rings. The zero-order valence-electron chi connectivity index (χ0n) is 10.8. The molecular weight excluding hydrogens is 240 g/mol. The summed E-state index contributed by atoms with van der Waals surface area (Å²) < 4.78 is 0. The molecule has 0 bridgehead atoms. The summed E-state index contributed by atoms with van der Waals surface area (Å²) in [7, 11) is 1.81. The number of aromatic nitrogens is 2. The first-order valence-electron chi connectivity index (χ1n) is 6.39. The Hall–Kier alpha value is -2.30. The number of carbonyl (C=O) groups is 1. The summed E-state index contributed by atoms with van der Waals surface area (Å²) in [5, 5.41) is 8.68. The number of nitrogens with one attached hydrogen (secondary N) is 2. The zero-order chi connectivity index (χ0) is 13.2. The molecule has 2 N–H and O–H groups in total. The molecule has 19 heavy (non-hydrogen) atoms. The van der Waals surface area contributed by atoms with Crippen LogP contribution in [0.3, 0.4) is 0 Å². The Bertz CT molecular complexity index is 574. The minimum atomic E-state index is -0.200. The lowest BCUT2D eigenvalue weighted by Crippen LogP contribution is -2.39. The fourth-order valence-electron chi connectivity index (χ4n) is 1.98. The standard InChI is InChI=1S/C14H16N4O/c1-18(11-5-3-2-4-6-11)17-14(19)13-9-12(15-16-13)10-7-8-10/h2-6,9-10H,7-8H2,1H3,(H,15,16)(H,17,19). The second kappa shape index (κ2) is 4.76. The molecule has 2 aromatic rings. The number of nitrogens with zero attached hydrogens (tertiary/aromatic N) is 2. The van der Waals surface area contributed by atoms with Gasteiger partial charge in [0.2, 0.25) is 0 Å². The first-order valence-corrected chi connectivity index (χ1v) is 6.39. The van der Waals surface area contributed by atoms with Crippen LogP contribution in [0.15, 0.2) is 36.4 Å². The first-order chi connectivity index (χ1) is 9.24. The average molecular weight is 256 g/mol. The van der Waals surface area contributed by atoms with Gasteiger partial charge in [0.05, 0.1) is 5.69 Å². The Morgan fingerprint density at radius 3 is 2.79 bits per heavy atom. The van der Waals surface area contributed by atoms with Gasteiger partial charge in [-0.15, -0.1) is 0 Å². The summed E-state index contributed by atoms with van der Waals surface area (Å²) in [4.78, 5) is 12.0. The quantitative estimate of drug-likeness (QED) is 0.823. The van der Waals surface area contributed by atoms with Gasteiger partial charge in [-0.25, -0.2) is 0 Å². The van der Waals surface area contributed by atoms with E-state index in [1.807, 2.05) is 43.4 Å². The van der Waals surface area contributed by atoms with Crippen molar-refractivity contribution in [2.75, 3.05) is 12.1 Å². The third-order valence-electron chi connectivity index (χ3n) is 3.26. The van der Waals surface area contributed by atoms with E-state index in [2.05, 4.69) is 15.6 Å². The number of aromatic amines is 1. The molecular formula is C14H16N4O. The summed E-state index contributed by atoms with van der Waals surface area (Å²) >= 11 is 0. The van der Waals surface area contributed by atoms with Crippen LogP contribution in [0.1, 0.15) is 34.9 Å². The van der Waals surface area contributed by atoms with Crippen LogP contribution < -0.4 is 10.4 Å². The summed E-state index contributed by atoms with van der Waals surface area (Å²) in [5.41, 5.74) is 5.22. The fraction of sp³-hybridized carbons (Fsp3) is 0.286. The number of hydrogen-bond acceptors (Lipinski definition) is 3. The van der Waals surface area contributed by atoms with E-state index in [0.29, 0.717) is 11.6 Å². The van der Waals surface area contributed by atoms with E-state index < -0.39 is 0 Å². The first kappa shape index (κ1) is 11.8. The molecule has 1 aromatic heterocycles. The van der Waals surface area contributed by atoms with Gasteiger partial charge in [-0.2, -0.15) is 5.10 Å². The van der Waals surface area contributed by atoms with Crippen molar-refractivity contribution in [3.8, 4) is 0 Å². The highest BCUT2D eigenvalue weighted by molar-refractivity contribution is 5.93. The highest BCUT2D eigenvalue weighted by Crippen LogP contribution is 2.38. The molecule has 3 rings (SSSR count). The van der Waals surface area contributed by atoms with Gasteiger partial charge in [0.15, 0.2) is 5.69 Å². The van der Waals surface area contributed by atoms with E-state index in [9.17, 15) is 4.79 Å². The molecule has 0 unspecified atom stereocenters. The molecule has 0 saturated heterocycles. The molecule has 1 heterocycles. The second-order valence-corrected chi connectivity index (χ2v) is 4.82. The van der Waals surface area contributed by atoms with E-state index in [1.165, 1.54) is 12.8 Å². The van der Waals surface area contributed by atoms with Crippen molar-refractivity contribution in [1.29, 1.82) is 0 Å². The summed E-state index contributed by atoms with van der Waals surface area (Å²) in [6, 6.07) is 11.5. The Labute approximate surface area is 111 Å². The third kappa shape index (κ3) is 2.59. The van der Waals surface area contributed by atoms with Gasteiger partial charge in [0.25, 0.3) is 5.91 Å². The molecule has 0 atom stereocenters. The van der Waals surface area contributed by atoms with Gasteiger partial charge in [0, 0.05) is 18.7 Å². The van der Waals surface area contributed by atoms with Crippen molar-refractivity contribution in [3.63, 3.8) is 0 Å². The normalized spacial score (nSPS) is 14.2. The minimum absolute atomic E-state index is 0.200. The number of amides is 1. The minimum Gasteiger partial charge on any atom is -0.288 e. The van der Waals surface area contributed by atoms with Crippen LogP contribution in [0.5, 0.6) is 0 Å². The molecule has 0 aliphatic heterocycles. The van der Waals surface area contributed by atoms with Crippen molar-refractivity contribution in [1.82, 2.24) is 15.6 Å². The second-order valence-electron chi connectivity index (χ2n) is 4.82. The number of benzene rings is 1. The largest absolute Gasteiger partial charge is 0.290 e. The molecule has 1 aromatic carbocycles. The SMILES string of the molecule is CN(NC(=O)c1cc(C2CC2)[nH]n1)c1ccccc1. The fourth-order valence-corrected chi connectivity index (χ4v) is 1.98. The van der Waals surface area contributed by atoms with E-state index in [-0.39, 0.29) is 5.91 Å². The van der Waals surface area contributed by atoms with Gasteiger partial charge >= 0.3 is 0 Å². The van der Waals surface area contributed by atoms with Crippen molar-refractivity contribution in [2.45, 2.75) is 18.8 Å². The van der Waals surface area contributed by atoms with Crippen LogP contribution in [0, 0.1) is 0 Å². The molecule has 1 amide bonds. The number of hydrogen-bond donors (Lipinski definition) is 2. The van der Waals surface area contributed by atoms with Gasteiger partial charge in [-0.3, -0.25) is 20.3 Å². The van der Waals surface area contributed by atoms with Gasteiger partial charge < -0.3 is 0 Å². The zero-order valence-corrected chi connectivity index (χ0v) is 10.8. The summed E-state index contributed by atoms with van der Waals surface area (Å²) in [5.74, 6) is 0.371. The van der Waals surface area contributed by atoms with Crippen molar-refractivity contribution >= 4 is 11.6 Å². The highest BCUT2D eigenvalue weighted by Gasteiger charge is 2.26. The van der Waals surface area contributed by atoms with Crippen LogP contribution in [-0.4, -0.2) is 23.2 Å². The van der Waals surface area contributed by atoms with Crippen LogP contribution >= 0.6 is 0 Å². The van der Waals surface area contributed by atoms with Gasteiger partial charge in [0.1, 0.15) is 0 Å². The topological polar surface area (TPSA) is 61.0 Å². The molecule has 5 heteroatoms. The molecule has 1 aliphatic rings. The summed E-state index contributed by atoms with van der Waals surface area (Å²) in [6.07, 6.45) is 2.38. The van der Waals surface area contributed by atoms with Crippen LogP contribution in [0.25, 0.3) is 0 Å². The number of carbonyl (C=O) groups excluding carboxylic acids is 1. The lowest BCUT2D eigenvalue weighted by atomic mass is 10.2. The predicted octanol–water partition coefficient (Wildman–Crippen LogP) is 2.07. The van der Waals surface area contributed by atoms with E-state index in [0.717, 1.165) is 11.4 Å². The number of anilines is 1. The lowest BCUT2D eigenvalue weighted by Gasteiger charge is -2.19. The maximum Gasteiger partial charge on any atom is 0.290 e. The van der Waals surface area contributed by atoms with Crippen LogP contribution in [0.2, 0.25) is 0 Å². The maximum atomic E-state index is 12.0. The van der Waals surface area contributed by atoms with Crippen molar-refractivity contribution in [2.24, 2.45) is 0 Å². The Morgan fingerprint density at radius 1 is 1.37 bits per heavy atom. The number of para-hydroxylation sites is 1. The highest BCUT2D eigenvalue weighted by atomic mass is 16.2. The van der Waals surface area contributed by atoms with E-state index in [1.54, 1.807) is 5.01 Å². The average Bonchev–Trinajstić information content (AvgIpc) is 3.17. The smallest absolute Gasteiger partial charge is 0.288 e. The Morgan fingerprint density at radius 2 is 2.11 bits per heavy atom. The molecule has 1 saturated carbocycles. The number of H-pyrrole nitrogens is 1. The number of hydrazine groups is 1. The molecule has 0 spiro atoms. The lowest BCUT2D eigenvalue weighted by molar-refractivity contribution is 0.0946.